The molecule has 0 bridgehead atoms. The minimum atomic E-state index is -1.78. The molecule has 0 aromatic carbocycles. The van der Waals surface area contributed by atoms with Crippen molar-refractivity contribution in [2.45, 2.75) is 113 Å². The summed E-state index contributed by atoms with van der Waals surface area (Å²) in [6.07, 6.45) is -10.8. The van der Waals surface area contributed by atoms with Crippen LogP contribution in [0, 0.1) is 0 Å². The molecule has 2 aliphatic heterocycles. The predicted molar refractivity (Wildman–Crippen MR) is 129 cm³/mol. The molecule has 2 heterocycles. The number of ether oxygens (including phenoxy) is 4. The maximum atomic E-state index is 12.0. The van der Waals surface area contributed by atoms with Crippen molar-refractivity contribution in [2.75, 3.05) is 19.8 Å². The molecule has 12 unspecified atom stereocenters. The molecule has 2 rings (SSSR count). The summed E-state index contributed by atoms with van der Waals surface area (Å²) in [6.45, 7) is 1.94. The van der Waals surface area contributed by atoms with Gasteiger partial charge in [-0.3, -0.25) is 4.79 Å². The standard InChI is InChI=1S/C24H43NO13/c1-3-5-6-7-8-13(28)12(25-16(29)4-2)11-35-23-21(34)19(32)22(15(10-27)37-23)38-24-20(33)18(31)17(30)14(9-26)36-24/h7-8,12-15,17-24,26-28,30-34H,3-6,9-11H2,1-2H3,(H,25,29)/b8-7+. The highest BCUT2D eigenvalue weighted by Crippen LogP contribution is 2.29. The van der Waals surface area contributed by atoms with Gasteiger partial charge in [-0.1, -0.05) is 38.8 Å². The molecule has 38 heavy (non-hydrogen) atoms. The van der Waals surface area contributed by atoms with E-state index in [-0.39, 0.29) is 18.9 Å². The van der Waals surface area contributed by atoms with Gasteiger partial charge in [-0.05, 0) is 6.42 Å². The molecule has 2 aliphatic rings. The van der Waals surface area contributed by atoms with Crippen LogP contribution in [-0.2, 0) is 23.7 Å². The molecule has 9 N–H and O–H groups in total. The minimum Gasteiger partial charge on any atom is -0.394 e. The predicted octanol–water partition coefficient (Wildman–Crippen LogP) is -3.37. The lowest BCUT2D eigenvalue weighted by molar-refractivity contribution is -0.359. The summed E-state index contributed by atoms with van der Waals surface area (Å²) in [5, 5.41) is 83.8. The van der Waals surface area contributed by atoms with Crippen LogP contribution in [0.1, 0.15) is 39.5 Å². The molecule has 12 atom stereocenters. The first-order chi connectivity index (χ1) is 18.1. The van der Waals surface area contributed by atoms with Crippen LogP contribution in [0.15, 0.2) is 12.2 Å². The van der Waals surface area contributed by atoms with Gasteiger partial charge in [0.25, 0.3) is 0 Å². The Hall–Kier alpha value is -1.27. The van der Waals surface area contributed by atoms with Crippen LogP contribution in [0.2, 0.25) is 0 Å². The average molecular weight is 554 g/mol. The quantitative estimate of drug-likeness (QED) is 0.0757. The number of aliphatic hydroxyl groups is 8. The van der Waals surface area contributed by atoms with E-state index in [1.165, 1.54) is 6.08 Å². The normalized spacial score (nSPS) is 37.7. The van der Waals surface area contributed by atoms with Crippen molar-refractivity contribution in [1.82, 2.24) is 5.32 Å². The van der Waals surface area contributed by atoms with Crippen LogP contribution in [0.25, 0.3) is 0 Å². The van der Waals surface area contributed by atoms with E-state index >= 15 is 0 Å². The van der Waals surface area contributed by atoms with Crippen LogP contribution in [0.4, 0.5) is 0 Å². The molecular weight excluding hydrogens is 510 g/mol. The summed E-state index contributed by atoms with van der Waals surface area (Å²) < 4.78 is 21.9. The van der Waals surface area contributed by atoms with E-state index in [2.05, 4.69) is 5.32 Å². The summed E-state index contributed by atoms with van der Waals surface area (Å²) in [7, 11) is 0. The van der Waals surface area contributed by atoms with E-state index in [1.807, 2.05) is 6.92 Å². The largest absolute Gasteiger partial charge is 0.394 e. The van der Waals surface area contributed by atoms with Gasteiger partial charge < -0.3 is 65.1 Å². The van der Waals surface area contributed by atoms with Crippen molar-refractivity contribution in [2.24, 2.45) is 0 Å². The topological polar surface area (TPSA) is 228 Å². The second-order valence-electron chi connectivity index (χ2n) is 9.43. The molecule has 0 spiro atoms. The van der Waals surface area contributed by atoms with E-state index in [0.717, 1.165) is 19.3 Å². The first-order valence-corrected chi connectivity index (χ1v) is 12.9. The fourth-order valence-corrected chi connectivity index (χ4v) is 4.12. The third kappa shape index (κ3) is 8.61. The molecule has 14 nitrogen and oxygen atoms in total. The van der Waals surface area contributed by atoms with Gasteiger partial charge in [0.05, 0.1) is 32.0 Å². The van der Waals surface area contributed by atoms with E-state index in [0.29, 0.717) is 0 Å². The molecule has 2 fully saturated rings. The summed E-state index contributed by atoms with van der Waals surface area (Å²) in [6, 6.07) is -0.899. The molecule has 0 radical (unpaired) electrons. The van der Waals surface area contributed by atoms with Crippen molar-refractivity contribution in [3.63, 3.8) is 0 Å². The van der Waals surface area contributed by atoms with Gasteiger partial charge >= 0.3 is 0 Å². The number of amides is 1. The molecule has 0 aliphatic carbocycles. The molecule has 2 saturated heterocycles. The summed E-state index contributed by atoms with van der Waals surface area (Å²) in [5.41, 5.74) is 0. The van der Waals surface area contributed by atoms with Gasteiger partial charge in [-0.2, -0.15) is 0 Å². The maximum absolute atomic E-state index is 12.0. The van der Waals surface area contributed by atoms with Gasteiger partial charge in [0, 0.05) is 6.42 Å². The van der Waals surface area contributed by atoms with Crippen LogP contribution < -0.4 is 5.32 Å². The Kier molecular flexibility index (Phi) is 14.0. The van der Waals surface area contributed by atoms with Crippen molar-refractivity contribution >= 4 is 5.91 Å². The number of carbonyl (C=O) groups is 1. The van der Waals surface area contributed by atoms with Crippen molar-refractivity contribution in [3.05, 3.63) is 12.2 Å². The fraction of sp³-hybridized carbons (Fsp3) is 0.875. The summed E-state index contributed by atoms with van der Waals surface area (Å²) in [4.78, 5) is 12.0. The molecule has 222 valence electrons. The second-order valence-corrected chi connectivity index (χ2v) is 9.43. The molecule has 0 aromatic rings. The van der Waals surface area contributed by atoms with Gasteiger partial charge in [-0.25, -0.2) is 0 Å². The second kappa shape index (κ2) is 16.1. The highest BCUT2D eigenvalue weighted by atomic mass is 16.7. The van der Waals surface area contributed by atoms with Gasteiger partial charge in [0.1, 0.15) is 48.8 Å². The summed E-state index contributed by atoms with van der Waals surface area (Å²) in [5.74, 6) is -0.342. The number of allylic oxidation sites excluding steroid dienone is 1. The number of nitrogens with one attached hydrogen (secondary N) is 1. The number of rotatable bonds is 14. The van der Waals surface area contributed by atoms with E-state index in [9.17, 15) is 45.6 Å². The number of hydrogen-bond acceptors (Lipinski definition) is 13. The minimum absolute atomic E-state index is 0.160. The lowest BCUT2D eigenvalue weighted by Crippen LogP contribution is -2.65. The summed E-state index contributed by atoms with van der Waals surface area (Å²) >= 11 is 0. The third-order valence-corrected chi connectivity index (χ3v) is 6.54. The Morgan fingerprint density at radius 1 is 0.921 bits per heavy atom. The van der Waals surface area contributed by atoms with E-state index in [4.69, 9.17) is 18.9 Å². The molecule has 0 aromatic heterocycles. The van der Waals surface area contributed by atoms with Crippen LogP contribution in [0.5, 0.6) is 0 Å². The zero-order valence-electron chi connectivity index (χ0n) is 21.7. The monoisotopic (exact) mass is 553 g/mol. The lowest BCUT2D eigenvalue weighted by Gasteiger charge is -2.46. The fourth-order valence-electron chi connectivity index (χ4n) is 4.12. The van der Waals surface area contributed by atoms with E-state index < -0.39 is 86.8 Å². The first-order valence-electron chi connectivity index (χ1n) is 12.9. The highest BCUT2D eigenvalue weighted by molar-refractivity contribution is 5.75. The molecular formula is C24H43NO13. The van der Waals surface area contributed by atoms with Crippen molar-refractivity contribution < 1.29 is 64.6 Å². The van der Waals surface area contributed by atoms with Gasteiger partial charge in [0.2, 0.25) is 5.91 Å². The zero-order chi connectivity index (χ0) is 28.4. The number of aliphatic hydroxyl groups excluding tert-OH is 8. The van der Waals surface area contributed by atoms with Gasteiger partial charge in [-0.15, -0.1) is 0 Å². The Morgan fingerprint density at radius 3 is 2.16 bits per heavy atom. The Morgan fingerprint density at radius 2 is 1.55 bits per heavy atom. The van der Waals surface area contributed by atoms with Crippen molar-refractivity contribution in [1.29, 1.82) is 0 Å². The lowest BCUT2D eigenvalue weighted by atomic mass is 9.97. The van der Waals surface area contributed by atoms with Crippen molar-refractivity contribution in [3.8, 4) is 0 Å². The Balaban J connectivity index is 2.06. The molecule has 1 amide bonds. The smallest absolute Gasteiger partial charge is 0.220 e. The van der Waals surface area contributed by atoms with E-state index in [1.54, 1.807) is 13.0 Å². The third-order valence-electron chi connectivity index (χ3n) is 6.54. The van der Waals surface area contributed by atoms with Crippen LogP contribution in [-0.4, -0.2) is 140 Å². The number of carbonyl (C=O) groups excluding carboxylic acids is 1. The average Bonchev–Trinajstić information content (AvgIpc) is 2.92. The first kappa shape index (κ1) is 32.9. The van der Waals surface area contributed by atoms with Gasteiger partial charge in [0.15, 0.2) is 12.6 Å². The molecule has 14 heteroatoms. The SMILES string of the molecule is CCCC/C=C/C(O)C(COC1OC(CO)C(OC2OC(CO)C(O)C(O)C2O)C(O)C1O)NC(=O)CC. The number of unbranched alkanes of at least 4 members (excludes halogenated alkanes) is 2. The van der Waals surface area contributed by atoms with Crippen LogP contribution in [0.3, 0.4) is 0 Å². The zero-order valence-corrected chi connectivity index (χ0v) is 21.7. The number of hydrogen-bond donors (Lipinski definition) is 9. The Bertz CT molecular complexity index is 723. The van der Waals surface area contributed by atoms with Crippen LogP contribution >= 0.6 is 0 Å². The molecule has 0 saturated carbocycles. The maximum Gasteiger partial charge on any atom is 0.220 e. The highest BCUT2D eigenvalue weighted by Gasteiger charge is 2.50. The Labute approximate surface area is 221 Å².